The van der Waals surface area contributed by atoms with Crippen LogP contribution in [0.2, 0.25) is 0 Å². The Labute approximate surface area is 168 Å². The van der Waals surface area contributed by atoms with E-state index < -0.39 is 0 Å². The third-order valence-electron chi connectivity index (χ3n) is 4.98. The molecule has 0 radical (unpaired) electrons. The summed E-state index contributed by atoms with van der Waals surface area (Å²) in [6.07, 6.45) is 6.83. The zero-order chi connectivity index (χ0) is 20.2. The average Bonchev–Trinajstić information content (AvgIpc) is 3.43. The predicted octanol–water partition coefficient (Wildman–Crippen LogP) is 2.89. The summed E-state index contributed by atoms with van der Waals surface area (Å²) in [4.78, 5) is 10.6. The van der Waals surface area contributed by atoms with Crippen molar-refractivity contribution in [2.24, 2.45) is 0 Å². The van der Waals surface area contributed by atoms with Gasteiger partial charge in [0.05, 0.1) is 33.6 Å². The third-order valence-corrected chi connectivity index (χ3v) is 4.98. The minimum Gasteiger partial charge on any atom is -0.493 e. The summed E-state index contributed by atoms with van der Waals surface area (Å²) in [7, 11) is 4.83. The van der Waals surface area contributed by atoms with Crippen molar-refractivity contribution in [2.75, 3.05) is 27.9 Å². The number of hydrogen-bond donors (Lipinski definition) is 0. The summed E-state index contributed by atoms with van der Waals surface area (Å²) in [5.41, 5.74) is 1.63. The fraction of sp³-hybridized carbons (Fsp3) is 0.400. The molecule has 1 atom stereocenters. The van der Waals surface area contributed by atoms with Crippen LogP contribution in [0.15, 0.2) is 35.1 Å². The molecule has 0 spiro atoms. The van der Waals surface area contributed by atoms with Crippen molar-refractivity contribution >= 4 is 0 Å². The smallest absolute Gasteiger partial charge is 0.267 e. The maximum absolute atomic E-state index is 5.91. The number of nitrogens with zero attached hydrogens (tertiary/aromatic N) is 5. The fourth-order valence-corrected chi connectivity index (χ4v) is 3.64. The molecule has 0 aliphatic carbocycles. The third kappa shape index (κ3) is 3.86. The van der Waals surface area contributed by atoms with Gasteiger partial charge in [-0.3, -0.25) is 9.88 Å². The lowest BCUT2D eigenvalue weighted by Gasteiger charge is -2.22. The first kappa shape index (κ1) is 19.1. The predicted molar refractivity (Wildman–Crippen MR) is 104 cm³/mol. The molecule has 0 unspecified atom stereocenters. The van der Waals surface area contributed by atoms with E-state index in [1.807, 2.05) is 12.1 Å². The highest BCUT2D eigenvalue weighted by Crippen LogP contribution is 2.40. The van der Waals surface area contributed by atoms with E-state index in [1.165, 1.54) is 0 Å². The quantitative estimate of drug-likeness (QED) is 0.596. The molecule has 1 aliphatic heterocycles. The lowest BCUT2D eigenvalue weighted by Crippen LogP contribution is -2.23. The van der Waals surface area contributed by atoms with Crippen LogP contribution in [0.4, 0.5) is 0 Å². The van der Waals surface area contributed by atoms with Crippen LogP contribution in [0.1, 0.15) is 30.3 Å². The van der Waals surface area contributed by atoms with E-state index >= 15 is 0 Å². The highest BCUT2D eigenvalue weighted by Gasteiger charge is 2.31. The molecule has 0 amide bonds. The molecule has 4 rings (SSSR count). The van der Waals surface area contributed by atoms with Crippen molar-refractivity contribution in [1.29, 1.82) is 0 Å². The number of rotatable bonds is 7. The second-order valence-corrected chi connectivity index (χ2v) is 6.70. The van der Waals surface area contributed by atoms with E-state index in [2.05, 4.69) is 25.1 Å². The van der Waals surface area contributed by atoms with Gasteiger partial charge in [0.25, 0.3) is 5.89 Å². The van der Waals surface area contributed by atoms with Crippen LogP contribution in [0.3, 0.4) is 0 Å². The normalized spacial score (nSPS) is 16.7. The molecule has 0 saturated carbocycles. The molecule has 1 fully saturated rings. The molecule has 3 aromatic rings. The summed E-state index contributed by atoms with van der Waals surface area (Å²) in [6, 6.07) is 3.98. The van der Waals surface area contributed by atoms with Crippen LogP contribution in [0, 0.1) is 0 Å². The first-order valence-electron chi connectivity index (χ1n) is 9.36. The molecular weight excluding hydrogens is 374 g/mol. The Morgan fingerprint density at radius 3 is 2.52 bits per heavy atom. The molecule has 1 aromatic carbocycles. The minimum atomic E-state index is 0.0482. The zero-order valence-corrected chi connectivity index (χ0v) is 16.7. The zero-order valence-electron chi connectivity index (χ0n) is 16.7. The van der Waals surface area contributed by atoms with Crippen LogP contribution in [0.25, 0.3) is 11.6 Å². The van der Waals surface area contributed by atoms with Crippen LogP contribution in [0.5, 0.6) is 17.2 Å². The fourth-order valence-electron chi connectivity index (χ4n) is 3.64. The lowest BCUT2D eigenvalue weighted by molar-refractivity contribution is 0.215. The highest BCUT2D eigenvalue weighted by molar-refractivity contribution is 5.53. The monoisotopic (exact) mass is 397 g/mol. The second-order valence-electron chi connectivity index (χ2n) is 6.70. The van der Waals surface area contributed by atoms with Gasteiger partial charge in [-0.25, -0.2) is 4.98 Å². The summed E-state index contributed by atoms with van der Waals surface area (Å²) in [6.45, 7) is 1.63. The number of aromatic nitrogens is 4. The molecule has 1 saturated heterocycles. The topological polar surface area (TPSA) is 95.6 Å². The van der Waals surface area contributed by atoms with Gasteiger partial charge in [-0.05, 0) is 37.1 Å². The number of methoxy groups -OCH3 is 3. The van der Waals surface area contributed by atoms with Crippen molar-refractivity contribution in [3.8, 4) is 28.8 Å². The van der Waals surface area contributed by atoms with Crippen molar-refractivity contribution in [3.63, 3.8) is 0 Å². The molecule has 29 heavy (non-hydrogen) atoms. The number of ether oxygens (including phenoxy) is 3. The van der Waals surface area contributed by atoms with Crippen LogP contribution in [-0.2, 0) is 6.54 Å². The van der Waals surface area contributed by atoms with Gasteiger partial charge in [0.1, 0.15) is 5.69 Å². The first-order valence-corrected chi connectivity index (χ1v) is 9.36. The maximum Gasteiger partial charge on any atom is 0.267 e. The molecule has 9 nitrogen and oxygen atoms in total. The Kier molecular flexibility index (Phi) is 5.57. The summed E-state index contributed by atoms with van der Waals surface area (Å²) in [5.74, 6) is 2.84. The average molecular weight is 397 g/mol. The molecular formula is C20H23N5O4. The standard InChI is InChI=1S/C20H23N5O4/c1-26-16-9-13(10-17(27-2)18(16)28-3)12-25-8-4-5-15(25)20-24-23-19(29-20)14-11-21-6-7-22-14/h6-7,9-11,15H,4-5,8,12H2,1-3H3/t15-/m0/s1. The molecule has 9 heteroatoms. The Hall–Kier alpha value is -3.20. The number of benzene rings is 1. The van der Waals surface area contributed by atoms with Crippen molar-refractivity contribution in [3.05, 3.63) is 42.2 Å². The number of likely N-dealkylation sites (tertiary alicyclic amines) is 1. The largest absolute Gasteiger partial charge is 0.493 e. The lowest BCUT2D eigenvalue weighted by atomic mass is 10.1. The maximum atomic E-state index is 5.91. The van der Waals surface area contributed by atoms with Crippen molar-refractivity contribution < 1.29 is 18.6 Å². The van der Waals surface area contributed by atoms with Gasteiger partial charge in [-0.15, -0.1) is 10.2 Å². The van der Waals surface area contributed by atoms with Crippen molar-refractivity contribution in [1.82, 2.24) is 25.1 Å². The summed E-state index contributed by atoms with van der Waals surface area (Å²) in [5, 5.41) is 8.41. The Morgan fingerprint density at radius 2 is 1.86 bits per heavy atom. The van der Waals surface area contributed by atoms with Gasteiger partial charge in [-0.1, -0.05) is 0 Å². The Bertz CT molecular complexity index is 938. The van der Waals surface area contributed by atoms with E-state index in [0.717, 1.165) is 24.9 Å². The molecule has 0 bridgehead atoms. The Balaban J connectivity index is 1.56. The summed E-state index contributed by atoms with van der Waals surface area (Å²) >= 11 is 0. The van der Waals surface area contributed by atoms with E-state index in [9.17, 15) is 0 Å². The first-order chi connectivity index (χ1) is 14.2. The van der Waals surface area contributed by atoms with Crippen LogP contribution < -0.4 is 14.2 Å². The Morgan fingerprint density at radius 1 is 1.07 bits per heavy atom. The van der Waals surface area contributed by atoms with E-state index in [4.69, 9.17) is 18.6 Å². The van der Waals surface area contributed by atoms with E-state index in [1.54, 1.807) is 39.9 Å². The second kappa shape index (κ2) is 8.44. The van der Waals surface area contributed by atoms with Gasteiger partial charge in [-0.2, -0.15) is 0 Å². The number of hydrogen-bond acceptors (Lipinski definition) is 9. The van der Waals surface area contributed by atoms with Gasteiger partial charge in [0, 0.05) is 18.9 Å². The minimum absolute atomic E-state index is 0.0482. The molecule has 3 heterocycles. The van der Waals surface area contributed by atoms with Gasteiger partial charge in [0.15, 0.2) is 11.5 Å². The van der Waals surface area contributed by atoms with E-state index in [-0.39, 0.29) is 6.04 Å². The van der Waals surface area contributed by atoms with Crippen LogP contribution >= 0.6 is 0 Å². The molecule has 0 N–H and O–H groups in total. The molecule has 1 aliphatic rings. The highest BCUT2D eigenvalue weighted by atomic mass is 16.5. The summed E-state index contributed by atoms with van der Waals surface area (Å²) < 4.78 is 22.3. The van der Waals surface area contributed by atoms with Gasteiger partial charge >= 0.3 is 0 Å². The molecule has 2 aromatic heterocycles. The van der Waals surface area contributed by atoms with Gasteiger partial charge in [0.2, 0.25) is 11.6 Å². The van der Waals surface area contributed by atoms with Crippen molar-refractivity contribution in [2.45, 2.75) is 25.4 Å². The van der Waals surface area contributed by atoms with Crippen LogP contribution in [-0.4, -0.2) is 52.9 Å². The molecule has 152 valence electrons. The SMILES string of the molecule is COc1cc(CN2CCC[C@H]2c2nnc(-c3cnccn3)o2)cc(OC)c1OC. The van der Waals surface area contributed by atoms with E-state index in [0.29, 0.717) is 41.3 Å². The van der Waals surface area contributed by atoms with Gasteiger partial charge < -0.3 is 18.6 Å².